The Morgan fingerprint density at radius 1 is 0.976 bits per heavy atom. The van der Waals surface area contributed by atoms with Gasteiger partial charge in [-0.1, -0.05) is 43.2 Å². The molecule has 1 aromatic heterocycles. The molecule has 1 aliphatic heterocycles. The fourth-order valence-electron chi connectivity index (χ4n) is 6.32. The fraction of sp³-hybridized carbons (Fsp3) is 0.343. The Balaban J connectivity index is 1.17. The summed E-state index contributed by atoms with van der Waals surface area (Å²) in [7, 11) is 2.00. The van der Waals surface area contributed by atoms with Crippen LogP contribution >= 0.6 is 11.6 Å². The van der Waals surface area contributed by atoms with E-state index in [1.807, 2.05) is 66.3 Å². The molecule has 7 heteroatoms. The van der Waals surface area contributed by atoms with Gasteiger partial charge in [0.1, 0.15) is 17.1 Å². The van der Waals surface area contributed by atoms with E-state index in [-0.39, 0.29) is 5.56 Å². The average Bonchev–Trinajstić information content (AvgIpc) is 3.34. The number of carboxylic acids is 1. The molecular formula is C35H38ClN3O3. The van der Waals surface area contributed by atoms with Crippen molar-refractivity contribution < 1.29 is 14.6 Å². The summed E-state index contributed by atoms with van der Waals surface area (Å²) in [6.45, 7) is 9.35. The van der Waals surface area contributed by atoms with Gasteiger partial charge in [-0.2, -0.15) is 0 Å². The molecule has 0 saturated carbocycles. The average molecular weight is 584 g/mol. The lowest BCUT2D eigenvalue weighted by molar-refractivity contribution is 0.0694. The molecule has 0 radical (unpaired) electrons. The van der Waals surface area contributed by atoms with Crippen LogP contribution in [-0.4, -0.2) is 53.3 Å². The Morgan fingerprint density at radius 2 is 1.74 bits per heavy atom. The smallest absolute Gasteiger partial charge is 0.339 e. The van der Waals surface area contributed by atoms with Crippen molar-refractivity contribution in [2.45, 2.75) is 33.1 Å². The van der Waals surface area contributed by atoms with Gasteiger partial charge >= 0.3 is 5.97 Å². The normalized spacial score (nSPS) is 17.6. The zero-order valence-electron chi connectivity index (χ0n) is 24.6. The number of aromatic carboxylic acids is 1. The molecule has 42 heavy (non-hydrogen) atoms. The maximum absolute atomic E-state index is 12.0. The van der Waals surface area contributed by atoms with Crippen LogP contribution in [0.5, 0.6) is 11.5 Å². The predicted molar refractivity (Wildman–Crippen MR) is 171 cm³/mol. The second kappa shape index (κ2) is 11.5. The van der Waals surface area contributed by atoms with Crippen molar-refractivity contribution in [1.29, 1.82) is 0 Å². The minimum Gasteiger partial charge on any atom is -0.478 e. The number of carboxylic acid groups (broad SMARTS) is 1. The highest BCUT2D eigenvalue weighted by Gasteiger charge is 2.29. The summed E-state index contributed by atoms with van der Waals surface area (Å²) >= 11 is 6.19. The maximum Gasteiger partial charge on any atom is 0.339 e. The first-order chi connectivity index (χ1) is 20.1. The van der Waals surface area contributed by atoms with Crippen LogP contribution in [0.25, 0.3) is 16.5 Å². The van der Waals surface area contributed by atoms with Crippen LogP contribution in [0.2, 0.25) is 5.02 Å². The number of halogens is 1. The number of piperazine rings is 1. The lowest BCUT2D eigenvalue weighted by Crippen LogP contribution is -2.47. The summed E-state index contributed by atoms with van der Waals surface area (Å²) in [6.07, 6.45) is 5.41. The van der Waals surface area contributed by atoms with E-state index in [2.05, 4.69) is 35.8 Å². The van der Waals surface area contributed by atoms with Gasteiger partial charge in [0, 0.05) is 73.6 Å². The molecule has 1 fully saturated rings. The van der Waals surface area contributed by atoms with E-state index in [9.17, 15) is 9.90 Å². The molecule has 1 saturated heterocycles. The lowest BCUT2D eigenvalue weighted by atomic mass is 9.72. The van der Waals surface area contributed by atoms with E-state index in [4.69, 9.17) is 16.3 Å². The first-order valence-electron chi connectivity index (χ1n) is 14.7. The standard InChI is InChI=1S/C35H38ClN3O3/c1-35(2)14-12-26(31(22-35)24-4-6-27(36)7-5-24)23-38-16-18-39(19-17-38)28-8-10-30(34(40)41)33(21-28)42-29-9-11-32-25(20-29)13-15-37(32)3/h4-11,13,15,20-21H,12,14,16-19,22-23H2,1-3H3,(H,40,41). The number of ether oxygens (including phenoxy) is 1. The molecule has 6 rings (SSSR count). The third-order valence-electron chi connectivity index (χ3n) is 8.81. The van der Waals surface area contributed by atoms with Gasteiger partial charge in [-0.3, -0.25) is 4.90 Å². The number of nitrogens with zero attached hydrogens (tertiary/aromatic N) is 3. The van der Waals surface area contributed by atoms with Crippen LogP contribution in [0.1, 0.15) is 49.0 Å². The quantitative estimate of drug-likeness (QED) is 0.238. The number of hydrogen-bond acceptors (Lipinski definition) is 4. The van der Waals surface area contributed by atoms with Crippen molar-refractivity contribution >= 4 is 39.7 Å². The zero-order chi connectivity index (χ0) is 29.4. The van der Waals surface area contributed by atoms with Crippen LogP contribution in [0.3, 0.4) is 0 Å². The molecule has 2 aliphatic rings. The van der Waals surface area contributed by atoms with E-state index in [1.54, 1.807) is 11.6 Å². The number of allylic oxidation sites excluding steroid dienone is 1. The second-order valence-corrected chi connectivity index (χ2v) is 12.9. The topological polar surface area (TPSA) is 57.9 Å². The Bertz CT molecular complexity index is 1650. The maximum atomic E-state index is 12.0. The molecule has 0 spiro atoms. The summed E-state index contributed by atoms with van der Waals surface area (Å²) in [5.41, 5.74) is 6.85. The highest BCUT2D eigenvalue weighted by molar-refractivity contribution is 6.30. The number of hydrogen-bond donors (Lipinski definition) is 1. The highest BCUT2D eigenvalue weighted by atomic mass is 35.5. The predicted octanol–water partition coefficient (Wildman–Crippen LogP) is 8.11. The first-order valence-corrected chi connectivity index (χ1v) is 15.1. The molecule has 4 aromatic rings. The molecule has 3 aromatic carbocycles. The number of anilines is 1. The number of benzene rings is 3. The highest BCUT2D eigenvalue weighted by Crippen LogP contribution is 2.43. The molecular weight excluding hydrogens is 546 g/mol. The Hall–Kier alpha value is -3.74. The van der Waals surface area contributed by atoms with Gasteiger partial charge < -0.3 is 19.3 Å². The van der Waals surface area contributed by atoms with Gasteiger partial charge in [-0.05, 0) is 84.3 Å². The van der Waals surface area contributed by atoms with Gasteiger partial charge in [0.25, 0.3) is 0 Å². The van der Waals surface area contributed by atoms with Crippen molar-refractivity contribution in [1.82, 2.24) is 9.47 Å². The van der Waals surface area contributed by atoms with Crippen molar-refractivity contribution in [2.75, 3.05) is 37.6 Å². The van der Waals surface area contributed by atoms with Crippen LogP contribution in [-0.2, 0) is 7.05 Å². The molecule has 0 atom stereocenters. The van der Waals surface area contributed by atoms with E-state index in [1.165, 1.54) is 17.6 Å². The van der Waals surface area contributed by atoms with Crippen LogP contribution in [0, 0.1) is 5.41 Å². The zero-order valence-corrected chi connectivity index (χ0v) is 25.3. The number of carbonyl (C=O) groups is 1. The molecule has 1 aliphatic carbocycles. The van der Waals surface area contributed by atoms with Crippen LogP contribution in [0.15, 0.2) is 78.5 Å². The minimum atomic E-state index is -0.998. The summed E-state index contributed by atoms with van der Waals surface area (Å²) in [6, 6.07) is 21.6. The number of aromatic nitrogens is 1. The summed E-state index contributed by atoms with van der Waals surface area (Å²) < 4.78 is 8.23. The van der Waals surface area contributed by atoms with E-state index in [0.29, 0.717) is 16.9 Å². The van der Waals surface area contributed by atoms with Gasteiger partial charge in [0.15, 0.2) is 0 Å². The molecule has 0 amide bonds. The summed E-state index contributed by atoms with van der Waals surface area (Å²) in [4.78, 5) is 16.9. The number of aryl methyl sites for hydroxylation is 1. The van der Waals surface area contributed by atoms with Crippen molar-refractivity contribution in [3.8, 4) is 11.5 Å². The van der Waals surface area contributed by atoms with Gasteiger partial charge in [0.05, 0.1) is 0 Å². The molecule has 0 unspecified atom stereocenters. The molecule has 0 bridgehead atoms. The molecule has 218 valence electrons. The van der Waals surface area contributed by atoms with Crippen LogP contribution in [0.4, 0.5) is 5.69 Å². The van der Waals surface area contributed by atoms with Gasteiger partial charge in [0.2, 0.25) is 0 Å². The van der Waals surface area contributed by atoms with E-state index in [0.717, 1.165) is 67.2 Å². The van der Waals surface area contributed by atoms with Crippen molar-refractivity contribution in [3.63, 3.8) is 0 Å². The van der Waals surface area contributed by atoms with Crippen molar-refractivity contribution in [2.24, 2.45) is 12.5 Å². The fourth-order valence-corrected chi connectivity index (χ4v) is 6.44. The van der Waals surface area contributed by atoms with Crippen molar-refractivity contribution in [3.05, 3.63) is 94.6 Å². The Labute approximate surface area is 252 Å². The minimum absolute atomic E-state index is 0.160. The van der Waals surface area contributed by atoms with Crippen LogP contribution < -0.4 is 9.64 Å². The second-order valence-electron chi connectivity index (χ2n) is 12.4. The number of rotatable bonds is 7. The number of fused-ring (bicyclic) bond motifs is 1. The Morgan fingerprint density at radius 3 is 2.48 bits per heavy atom. The molecule has 1 N–H and O–H groups in total. The lowest BCUT2D eigenvalue weighted by Gasteiger charge is -2.39. The third-order valence-corrected chi connectivity index (χ3v) is 9.06. The molecule has 6 nitrogen and oxygen atoms in total. The summed E-state index contributed by atoms with van der Waals surface area (Å²) in [5.74, 6) is -0.0125. The third kappa shape index (κ3) is 6.06. The SMILES string of the molecule is Cn1ccc2cc(Oc3cc(N4CCN(CC5=C(c6ccc(Cl)cc6)CC(C)(C)CC5)CC4)ccc3C(=O)O)ccc21. The van der Waals surface area contributed by atoms with Gasteiger partial charge in [-0.15, -0.1) is 0 Å². The largest absolute Gasteiger partial charge is 0.478 e. The van der Waals surface area contributed by atoms with Gasteiger partial charge in [-0.25, -0.2) is 4.79 Å². The molecule has 2 heterocycles. The monoisotopic (exact) mass is 583 g/mol. The summed E-state index contributed by atoms with van der Waals surface area (Å²) in [5, 5.41) is 11.7. The first kappa shape index (κ1) is 28.4. The van der Waals surface area contributed by atoms with E-state index < -0.39 is 5.97 Å². The van der Waals surface area contributed by atoms with E-state index >= 15 is 0 Å². The Kier molecular flexibility index (Phi) is 7.77.